The molecule has 0 spiro atoms. The lowest BCUT2D eigenvalue weighted by Gasteiger charge is -2.08. The summed E-state index contributed by atoms with van der Waals surface area (Å²) in [6, 6.07) is 13.6. The molecule has 0 aliphatic rings. The average Bonchev–Trinajstić information content (AvgIpc) is 2.47. The van der Waals surface area contributed by atoms with E-state index in [1.165, 1.54) is 12.1 Å². The van der Waals surface area contributed by atoms with E-state index in [1.807, 2.05) is 0 Å². The van der Waals surface area contributed by atoms with Gasteiger partial charge in [0.15, 0.2) is 0 Å². The van der Waals surface area contributed by atoms with Gasteiger partial charge in [-0.15, -0.1) is 0 Å². The fraction of sp³-hybridized carbons (Fsp3) is 0.0714. The van der Waals surface area contributed by atoms with Gasteiger partial charge >= 0.3 is 0 Å². The van der Waals surface area contributed by atoms with Crippen molar-refractivity contribution in [3.8, 4) is 0 Å². The zero-order valence-electron chi connectivity index (χ0n) is 10.9. The number of nitrogens with one attached hydrogen (secondary N) is 2. The number of anilines is 1. The molecule has 2 aromatic rings. The maximum atomic E-state index is 13.4. The summed E-state index contributed by atoms with van der Waals surface area (Å²) in [4.78, 5) is 11.2. The monoisotopic (exact) mass is 308 g/mol. The highest BCUT2D eigenvalue weighted by atomic mass is 32.2. The molecule has 0 unspecified atom stereocenters. The number of amides is 1. The lowest BCUT2D eigenvalue weighted by molar-refractivity contribution is -0.115. The van der Waals surface area contributed by atoms with Crippen LogP contribution in [0.2, 0.25) is 0 Å². The van der Waals surface area contributed by atoms with Gasteiger partial charge in [0.2, 0.25) is 15.9 Å². The third-order valence-electron chi connectivity index (χ3n) is 2.61. The Morgan fingerprint density at radius 3 is 2.29 bits per heavy atom. The third-order valence-corrected chi connectivity index (χ3v) is 4.04. The Kier molecular flexibility index (Phi) is 4.66. The largest absolute Gasteiger partial charge is 0.325 e. The number of hydrogen-bond acceptors (Lipinski definition) is 3. The molecule has 5 nitrogen and oxygen atoms in total. The van der Waals surface area contributed by atoms with Gasteiger partial charge in [0.05, 0.1) is 6.54 Å². The van der Waals surface area contributed by atoms with Crippen LogP contribution in [0.15, 0.2) is 59.5 Å². The summed E-state index contributed by atoms with van der Waals surface area (Å²) in [5, 5.41) is 2.52. The second-order valence-electron chi connectivity index (χ2n) is 4.17. The van der Waals surface area contributed by atoms with Gasteiger partial charge in [0.25, 0.3) is 0 Å². The van der Waals surface area contributed by atoms with E-state index in [9.17, 15) is 17.6 Å². The molecule has 0 heterocycles. The number of sulfonamides is 1. The van der Waals surface area contributed by atoms with Gasteiger partial charge in [-0.3, -0.25) is 4.79 Å². The highest BCUT2D eigenvalue weighted by molar-refractivity contribution is 7.89. The van der Waals surface area contributed by atoms with Crippen LogP contribution in [0.5, 0.6) is 0 Å². The average molecular weight is 308 g/mol. The van der Waals surface area contributed by atoms with Gasteiger partial charge in [-0.05, 0) is 24.3 Å². The smallest absolute Gasteiger partial charge is 0.243 e. The molecule has 0 saturated carbocycles. The summed E-state index contributed by atoms with van der Waals surface area (Å²) < 4.78 is 39.3. The molecule has 1 amide bonds. The van der Waals surface area contributed by atoms with Gasteiger partial charge in [-0.2, -0.15) is 0 Å². The van der Waals surface area contributed by atoms with Crippen LogP contribution in [0.4, 0.5) is 10.1 Å². The number of rotatable bonds is 5. The molecule has 0 bridgehead atoms. The zero-order chi connectivity index (χ0) is 15.3. The van der Waals surface area contributed by atoms with Crippen LogP contribution in [0.25, 0.3) is 0 Å². The van der Waals surface area contributed by atoms with Crippen molar-refractivity contribution in [3.63, 3.8) is 0 Å². The van der Waals surface area contributed by atoms with Crippen LogP contribution in [-0.4, -0.2) is 20.9 Å². The summed E-state index contributed by atoms with van der Waals surface area (Å²) >= 11 is 0. The molecule has 2 N–H and O–H groups in total. The highest BCUT2D eigenvalue weighted by Crippen LogP contribution is 2.12. The zero-order valence-corrected chi connectivity index (χ0v) is 11.7. The molecule has 0 saturated heterocycles. The van der Waals surface area contributed by atoms with E-state index < -0.39 is 33.2 Å². The first-order valence-corrected chi connectivity index (χ1v) is 7.56. The highest BCUT2D eigenvalue weighted by Gasteiger charge is 2.19. The Bertz CT molecular complexity index is 733. The Morgan fingerprint density at radius 1 is 1.00 bits per heavy atom. The van der Waals surface area contributed by atoms with Gasteiger partial charge in [-0.25, -0.2) is 17.5 Å². The predicted molar refractivity (Wildman–Crippen MR) is 76.7 cm³/mol. The number of hydrogen-bond donors (Lipinski definition) is 2. The van der Waals surface area contributed by atoms with E-state index in [0.717, 1.165) is 12.1 Å². The fourth-order valence-corrected chi connectivity index (χ4v) is 2.69. The van der Waals surface area contributed by atoms with Crippen molar-refractivity contribution < 1.29 is 17.6 Å². The summed E-state index contributed by atoms with van der Waals surface area (Å²) in [6.07, 6.45) is 0. The van der Waals surface area contributed by atoms with E-state index in [2.05, 4.69) is 10.0 Å². The molecule has 0 atom stereocenters. The Morgan fingerprint density at radius 2 is 1.62 bits per heavy atom. The van der Waals surface area contributed by atoms with Crippen LogP contribution in [0.3, 0.4) is 0 Å². The van der Waals surface area contributed by atoms with Crippen LogP contribution >= 0.6 is 0 Å². The van der Waals surface area contributed by atoms with Gasteiger partial charge < -0.3 is 5.32 Å². The predicted octanol–water partition coefficient (Wildman–Crippen LogP) is 1.74. The summed E-state index contributed by atoms with van der Waals surface area (Å²) in [5.41, 5.74) is 0.549. The molecule has 0 radical (unpaired) electrons. The quantitative estimate of drug-likeness (QED) is 0.883. The molecule has 0 aliphatic heterocycles. The lowest BCUT2D eigenvalue weighted by Crippen LogP contribution is -2.33. The van der Waals surface area contributed by atoms with E-state index in [4.69, 9.17) is 0 Å². The first-order valence-electron chi connectivity index (χ1n) is 6.08. The van der Waals surface area contributed by atoms with Crippen molar-refractivity contribution in [2.45, 2.75) is 4.90 Å². The van der Waals surface area contributed by atoms with Crippen molar-refractivity contribution in [3.05, 3.63) is 60.4 Å². The van der Waals surface area contributed by atoms with Crippen molar-refractivity contribution in [2.24, 2.45) is 0 Å². The number of carbonyl (C=O) groups is 1. The first kappa shape index (κ1) is 15.1. The van der Waals surface area contributed by atoms with E-state index in [0.29, 0.717) is 5.69 Å². The molecule has 0 fully saturated rings. The summed E-state index contributed by atoms with van der Waals surface area (Å²) in [5.74, 6) is -1.41. The molecule has 0 aliphatic carbocycles. The van der Waals surface area contributed by atoms with Crippen LogP contribution in [0, 0.1) is 5.82 Å². The third kappa shape index (κ3) is 4.11. The number of carbonyl (C=O) groups excluding carboxylic acids is 1. The van der Waals surface area contributed by atoms with Crippen molar-refractivity contribution in [1.82, 2.24) is 4.72 Å². The van der Waals surface area contributed by atoms with Crippen LogP contribution in [-0.2, 0) is 14.8 Å². The minimum Gasteiger partial charge on any atom is -0.325 e. The molecular formula is C14H13FN2O3S. The molecule has 0 aromatic heterocycles. The number of para-hydroxylation sites is 1. The molecule has 21 heavy (non-hydrogen) atoms. The Labute approximate surface area is 121 Å². The SMILES string of the molecule is O=C(CNS(=O)(=O)c1ccccc1F)Nc1ccccc1. The van der Waals surface area contributed by atoms with Crippen molar-refractivity contribution in [1.29, 1.82) is 0 Å². The van der Waals surface area contributed by atoms with Gasteiger partial charge in [0, 0.05) is 5.69 Å². The van der Waals surface area contributed by atoms with E-state index >= 15 is 0 Å². The molecule has 2 rings (SSSR count). The maximum absolute atomic E-state index is 13.4. The minimum absolute atomic E-state index is 0.481. The minimum atomic E-state index is -4.06. The normalized spacial score (nSPS) is 11.1. The molecule has 110 valence electrons. The maximum Gasteiger partial charge on any atom is 0.243 e. The van der Waals surface area contributed by atoms with Crippen LogP contribution < -0.4 is 10.0 Å². The molecule has 7 heteroatoms. The number of halogens is 1. The topological polar surface area (TPSA) is 75.3 Å². The lowest BCUT2D eigenvalue weighted by atomic mass is 10.3. The van der Waals surface area contributed by atoms with E-state index in [-0.39, 0.29) is 0 Å². The molecular weight excluding hydrogens is 295 g/mol. The second-order valence-corrected chi connectivity index (χ2v) is 5.90. The van der Waals surface area contributed by atoms with E-state index in [1.54, 1.807) is 30.3 Å². The van der Waals surface area contributed by atoms with Crippen LogP contribution in [0.1, 0.15) is 0 Å². The molecule has 2 aromatic carbocycles. The summed E-state index contributed by atoms with van der Waals surface area (Å²) in [6.45, 7) is -0.481. The first-order chi connectivity index (χ1) is 9.99. The fourth-order valence-electron chi connectivity index (χ4n) is 1.63. The summed E-state index contributed by atoms with van der Waals surface area (Å²) in [7, 11) is -4.06. The van der Waals surface area contributed by atoms with Crippen molar-refractivity contribution in [2.75, 3.05) is 11.9 Å². The second kappa shape index (κ2) is 6.47. The van der Waals surface area contributed by atoms with Gasteiger partial charge in [-0.1, -0.05) is 30.3 Å². The standard InChI is InChI=1S/C14H13FN2O3S/c15-12-8-4-5-9-13(12)21(19,20)16-10-14(18)17-11-6-2-1-3-7-11/h1-9,16H,10H2,(H,17,18). The Balaban J connectivity index is 1.99. The Hall–Kier alpha value is -2.25. The number of benzene rings is 2. The van der Waals surface area contributed by atoms with Crippen molar-refractivity contribution >= 4 is 21.6 Å². The van der Waals surface area contributed by atoms with Gasteiger partial charge in [0.1, 0.15) is 10.7 Å².